The van der Waals surface area contributed by atoms with E-state index in [2.05, 4.69) is 22.8 Å². The van der Waals surface area contributed by atoms with Crippen molar-refractivity contribution in [1.29, 1.82) is 0 Å². The quantitative estimate of drug-likeness (QED) is 0.697. The summed E-state index contributed by atoms with van der Waals surface area (Å²) in [7, 11) is 2.01. The van der Waals surface area contributed by atoms with Crippen LogP contribution < -0.4 is 0 Å². The highest BCUT2D eigenvalue weighted by atomic mass is 19.1. The fraction of sp³-hybridized carbons (Fsp3) is 0.227. The lowest BCUT2D eigenvalue weighted by Crippen LogP contribution is -2.35. The van der Waals surface area contributed by atoms with E-state index in [0.717, 1.165) is 28.5 Å². The van der Waals surface area contributed by atoms with Gasteiger partial charge < -0.3 is 9.47 Å². The van der Waals surface area contributed by atoms with E-state index in [0.29, 0.717) is 19.5 Å². The molecule has 0 N–H and O–H groups in total. The van der Waals surface area contributed by atoms with E-state index < -0.39 is 0 Å². The molecule has 0 saturated heterocycles. The van der Waals surface area contributed by atoms with E-state index in [1.807, 2.05) is 30.3 Å². The van der Waals surface area contributed by atoms with E-state index >= 15 is 0 Å². The average molecular weight is 348 g/mol. The van der Waals surface area contributed by atoms with Crippen molar-refractivity contribution in [2.75, 3.05) is 13.1 Å². The highest BCUT2D eigenvalue weighted by molar-refractivity contribution is 5.89. The maximum Gasteiger partial charge on any atom is 0.227 e. The van der Waals surface area contributed by atoms with Crippen molar-refractivity contribution in [3.05, 3.63) is 77.7 Å². The Kier molecular flexibility index (Phi) is 4.33. The highest BCUT2D eigenvalue weighted by Gasteiger charge is 2.19. The second kappa shape index (κ2) is 6.79. The fourth-order valence-electron chi connectivity index (χ4n) is 3.66. The van der Waals surface area contributed by atoms with Crippen LogP contribution in [0.4, 0.5) is 4.39 Å². The molecule has 0 saturated carbocycles. The van der Waals surface area contributed by atoms with Gasteiger partial charge in [-0.2, -0.15) is 0 Å². The largest absolute Gasteiger partial charge is 0.350 e. The summed E-state index contributed by atoms with van der Waals surface area (Å²) in [6.07, 6.45) is 5.35. The smallest absolute Gasteiger partial charge is 0.227 e. The first-order valence-electron chi connectivity index (χ1n) is 8.87. The van der Waals surface area contributed by atoms with Crippen molar-refractivity contribution >= 4 is 22.4 Å². The number of fused-ring (bicyclic) bond motifs is 1. The molecule has 3 nitrogen and oxygen atoms in total. The van der Waals surface area contributed by atoms with E-state index in [4.69, 9.17) is 0 Å². The van der Waals surface area contributed by atoms with Crippen LogP contribution in [0.1, 0.15) is 17.5 Å². The first-order chi connectivity index (χ1) is 12.6. The number of rotatable bonds is 3. The summed E-state index contributed by atoms with van der Waals surface area (Å²) in [6, 6.07) is 14.7. The number of nitrogens with zero attached hydrogens (tertiary/aromatic N) is 2. The molecular weight excluding hydrogens is 327 g/mol. The van der Waals surface area contributed by atoms with Crippen LogP contribution in [0.5, 0.6) is 0 Å². The molecule has 2 heterocycles. The second-order valence-corrected chi connectivity index (χ2v) is 6.79. The number of carbonyl (C=O) groups excluding carboxylic acids is 1. The van der Waals surface area contributed by atoms with Crippen molar-refractivity contribution in [1.82, 2.24) is 9.47 Å². The van der Waals surface area contributed by atoms with E-state index in [1.54, 1.807) is 12.1 Å². The lowest BCUT2D eigenvalue weighted by Gasteiger charge is -2.26. The zero-order valence-corrected chi connectivity index (χ0v) is 14.8. The van der Waals surface area contributed by atoms with Crippen molar-refractivity contribution in [2.24, 2.45) is 7.05 Å². The number of para-hydroxylation sites is 1. The fourth-order valence-corrected chi connectivity index (χ4v) is 3.66. The van der Waals surface area contributed by atoms with Crippen LogP contribution in [0.15, 0.2) is 60.8 Å². The Morgan fingerprint density at radius 3 is 2.62 bits per heavy atom. The zero-order chi connectivity index (χ0) is 18.1. The molecular formula is C22H21FN2O. The molecule has 26 heavy (non-hydrogen) atoms. The Morgan fingerprint density at radius 2 is 1.88 bits per heavy atom. The average Bonchev–Trinajstić information content (AvgIpc) is 2.98. The first-order valence-corrected chi connectivity index (χ1v) is 8.87. The number of hydrogen-bond donors (Lipinski definition) is 0. The Hall–Kier alpha value is -2.88. The van der Waals surface area contributed by atoms with Crippen LogP contribution in [0.25, 0.3) is 16.5 Å². The molecule has 1 aromatic heterocycles. The first kappa shape index (κ1) is 16.6. The molecule has 0 atom stereocenters. The van der Waals surface area contributed by atoms with Gasteiger partial charge in [0.05, 0.1) is 6.42 Å². The summed E-state index contributed by atoms with van der Waals surface area (Å²) >= 11 is 0. The van der Waals surface area contributed by atoms with Gasteiger partial charge in [0.15, 0.2) is 0 Å². The third-order valence-electron chi connectivity index (χ3n) is 5.10. The Balaban J connectivity index is 1.47. The normalized spacial score (nSPS) is 14.5. The van der Waals surface area contributed by atoms with Gasteiger partial charge in [-0.3, -0.25) is 4.79 Å². The molecule has 2 aromatic carbocycles. The third kappa shape index (κ3) is 3.15. The molecule has 1 aliphatic heterocycles. The minimum atomic E-state index is -0.225. The van der Waals surface area contributed by atoms with E-state index in [9.17, 15) is 9.18 Å². The van der Waals surface area contributed by atoms with E-state index in [1.165, 1.54) is 17.7 Å². The van der Waals surface area contributed by atoms with Crippen LogP contribution in [-0.2, 0) is 18.3 Å². The number of halogens is 1. The lowest BCUT2D eigenvalue weighted by molar-refractivity contribution is -0.130. The minimum absolute atomic E-state index is 0.149. The van der Waals surface area contributed by atoms with Crippen molar-refractivity contribution in [3.8, 4) is 0 Å². The number of amides is 1. The van der Waals surface area contributed by atoms with Crippen molar-refractivity contribution in [2.45, 2.75) is 12.8 Å². The maximum absolute atomic E-state index is 13.1. The molecule has 1 amide bonds. The summed E-state index contributed by atoms with van der Waals surface area (Å²) in [5.41, 5.74) is 4.43. The Morgan fingerprint density at radius 1 is 1.12 bits per heavy atom. The molecule has 3 aromatic rings. The van der Waals surface area contributed by atoms with Crippen LogP contribution in [0.2, 0.25) is 0 Å². The highest BCUT2D eigenvalue weighted by Crippen LogP contribution is 2.24. The van der Waals surface area contributed by atoms with Gasteiger partial charge in [0, 0.05) is 37.2 Å². The summed E-state index contributed by atoms with van der Waals surface area (Å²) in [5, 5.41) is 1.14. The van der Waals surface area contributed by atoms with Gasteiger partial charge in [0.2, 0.25) is 5.91 Å². The van der Waals surface area contributed by atoms with Crippen LogP contribution in [0.3, 0.4) is 0 Å². The molecule has 132 valence electrons. The maximum atomic E-state index is 13.1. The molecule has 0 bridgehead atoms. The number of aryl methyl sites for hydroxylation is 1. The molecule has 4 rings (SSSR count). The summed E-state index contributed by atoms with van der Waals surface area (Å²) in [5.74, 6) is -0.0761. The van der Waals surface area contributed by atoms with Gasteiger partial charge in [0.1, 0.15) is 5.82 Å². The number of hydrogen-bond acceptors (Lipinski definition) is 1. The van der Waals surface area contributed by atoms with Crippen LogP contribution in [0, 0.1) is 5.82 Å². The van der Waals surface area contributed by atoms with Gasteiger partial charge in [0.25, 0.3) is 0 Å². The predicted molar refractivity (Wildman–Crippen MR) is 102 cm³/mol. The number of benzene rings is 2. The van der Waals surface area contributed by atoms with E-state index in [-0.39, 0.29) is 11.7 Å². The number of carbonyl (C=O) groups is 1. The van der Waals surface area contributed by atoms with Gasteiger partial charge in [-0.25, -0.2) is 4.39 Å². The van der Waals surface area contributed by atoms with Crippen LogP contribution >= 0.6 is 0 Å². The van der Waals surface area contributed by atoms with Gasteiger partial charge in [-0.15, -0.1) is 0 Å². The molecule has 0 unspecified atom stereocenters. The van der Waals surface area contributed by atoms with Gasteiger partial charge in [-0.05, 0) is 41.3 Å². The second-order valence-electron chi connectivity index (χ2n) is 6.79. The number of aromatic nitrogens is 1. The van der Waals surface area contributed by atoms with Crippen LogP contribution in [-0.4, -0.2) is 28.5 Å². The molecule has 4 heteroatoms. The molecule has 0 fully saturated rings. The minimum Gasteiger partial charge on any atom is -0.350 e. The monoisotopic (exact) mass is 348 g/mol. The van der Waals surface area contributed by atoms with Gasteiger partial charge >= 0.3 is 0 Å². The zero-order valence-electron chi connectivity index (χ0n) is 14.8. The van der Waals surface area contributed by atoms with Crippen molar-refractivity contribution < 1.29 is 9.18 Å². The summed E-state index contributed by atoms with van der Waals surface area (Å²) in [4.78, 5) is 14.6. The summed E-state index contributed by atoms with van der Waals surface area (Å²) < 4.78 is 15.1. The third-order valence-corrected chi connectivity index (χ3v) is 5.10. The Bertz CT molecular complexity index is 985. The molecule has 0 radical (unpaired) electrons. The topological polar surface area (TPSA) is 25.2 Å². The van der Waals surface area contributed by atoms with Crippen molar-refractivity contribution in [3.63, 3.8) is 0 Å². The molecule has 0 spiro atoms. The summed E-state index contributed by atoms with van der Waals surface area (Å²) in [6.45, 7) is 1.31. The predicted octanol–water partition coefficient (Wildman–Crippen LogP) is 4.18. The lowest BCUT2D eigenvalue weighted by atomic mass is 9.99. The molecule has 1 aliphatic rings. The Labute approximate surface area is 152 Å². The SMILES string of the molecule is Cn1cc(CC(=O)N2CC=C(c3ccc(F)cc3)CC2)c2ccccc21. The standard InChI is InChI=1S/C22H21FN2O/c1-24-15-18(20-4-2-3-5-21(20)24)14-22(26)25-12-10-17(11-13-25)16-6-8-19(23)9-7-16/h2-10,15H,11-14H2,1H3. The van der Waals surface area contributed by atoms with Gasteiger partial charge in [-0.1, -0.05) is 36.4 Å². The molecule has 0 aliphatic carbocycles.